The highest BCUT2D eigenvalue weighted by atomic mass is 79.9. The Hall–Kier alpha value is -1.37. The van der Waals surface area contributed by atoms with E-state index in [1.165, 1.54) is 0 Å². The Kier molecular flexibility index (Phi) is 5.70. The second kappa shape index (κ2) is 7.95. The number of hydrogen-bond acceptors (Lipinski definition) is 3. The molecular weight excluding hydrogens is 360 g/mol. The number of carbonyl (C=O) groups excluding carboxylic acids is 1. The highest BCUT2D eigenvalue weighted by molar-refractivity contribution is 9.10. The average molecular weight is 381 g/mol. The van der Waals surface area contributed by atoms with Crippen LogP contribution in [0.1, 0.15) is 23.2 Å². The van der Waals surface area contributed by atoms with E-state index in [1.54, 1.807) is 6.20 Å². The standard InChI is InChI=1S/C17H21BrN2O3/c18-14-3-1-4-15-16(14)13(9-20-15)17(21)19-6-2-7-22-10-12-5-8-23-11-12/h1,3-4,9,12,20H,2,5-8,10-11H2,(H,19,21)/t12-/m0/s1. The van der Waals surface area contributed by atoms with E-state index >= 15 is 0 Å². The first-order valence-corrected chi connectivity index (χ1v) is 8.74. The lowest BCUT2D eigenvalue weighted by molar-refractivity contribution is 0.0854. The molecule has 23 heavy (non-hydrogen) atoms. The summed E-state index contributed by atoms with van der Waals surface area (Å²) in [4.78, 5) is 15.4. The fourth-order valence-corrected chi connectivity index (χ4v) is 3.34. The number of H-pyrrole nitrogens is 1. The van der Waals surface area contributed by atoms with Crippen molar-refractivity contribution in [2.24, 2.45) is 5.92 Å². The summed E-state index contributed by atoms with van der Waals surface area (Å²) in [5.41, 5.74) is 1.61. The van der Waals surface area contributed by atoms with Crippen LogP contribution >= 0.6 is 15.9 Å². The van der Waals surface area contributed by atoms with Crippen LogP contribution in [-0.4, -0.2) is 43.9 Å². The minimum Gasteiger partial charge on any atom is -0.381 e. The summed E-state index contributed by atoms with van der Waals surface area (Å²) in [6.45, 7) is 3.69. The Morgan fingerprint density at radius 3 is 3.22 bits per heavy atom. The van der Waals surface area contributed by atoms with Crippen molar-refractivity contribution in [2.45, 2.75) is 12.8 Å². The number of benzene rings is 1. The molecule has 1 aromatic carbocycles. The molecule has 1 amide bonds. The van der Waals surface area contributed by atoms with E-state index in [1.807, 2.05) is 18.2 Å². The van der Waals surface area contributed by atoms with Gasteiger partial charge in [0.1, 0.15) is 0 Å². The molecule has 1 fully saturated rings. The van der Waals surface area contributed by atoms with Gasteiger partial charge in [-0.15, -0.1) is 0 Å². The molecule has 0 spiro atoms. The van der Waals surface area contributed by atoms with E-state index < -0.39 is 0 Å². The van der Waals surface area contributed by atoms with Gasteiger partial charge in [0.25, 0.3) is 5.91 Å². The second-order valence-electron chi connectivity index (χ2n) is 5.78. The fraction of sp³-hybridized carbons (Fsp3) is 0.471. The average Bonchev–Trinajstić information content (AvgIpc) is 3.20. The number of amides is 1. The summed E-state index contributed by atoms with van der Waals surface area (Å²) in [6, 6.07) is 5.84. The van der Waals surface area contributed by atoms with Gasteiger partial charge in [0, 0.05) is 47.2 Å². The third kappa shape index (κ3) is 4.13. The molecule has 0 aliphatic carbocycles. The number of hydrogen-bond donors (Lipinski definition) is 2. The molecule has 0 saturated carbocycles. The highest BCUT2D eigenvalue weighted by Gasteiger charge is 2.16. The molecule has 1 aliphatic rings. The lowest BCUT2D eigenvalue weighted by Crippen LogP contribution is -2.25. The van der Waals surface area contributed by atoms with Gasteiger partial charge in [0.2, 0.25) is 0 Å². The number of carbonyl (C=O) groups is 1. The zero-order chi connectivity index (χ0) is 16.1. The molecule has 124 valence electrons. The number of aromatic nitrogens is 1. The van der Waals surface area contributed by atoms with Gasteiger partial charge in [0.15, 0.2) is 0 Å². The molecule has 1 atom stereocenters. The van der Waals surface area contributed by atoms with Gasteiger partial charge < -0.3 is 19.8 Å². The molecule has 0 bridgehead atoms. The number of rotatable bonds is 7. The number of fused-ring (bicyclic) bond motifs is 1. The molecule has 2 N–H and O–H groups in total. The molecule has 2 aromatic rings. The summed E-state index contributed by atoms with van der Waals surface area (Å²) in [7, 11) is 0. The normalized spacial score (nSPS) is 17.7. The maximum Gasteiger partial charge on any atom is 0.253 e. The molecule has 6 heteroatoms. The van der Waals surface area contributed by atoms with Crippen LogP contribution < -0.4 is 5.32 Å². The van der Waals surface area contributed by atoms with Crippen molar-refractivity contribution in [3.63, 3.8) is 0 Å². The molecule has 1 aliphatic heterocycles. The van der Waals surface area contributed by atoms with Crippen LogP contribution in [0.25, 0.3) is 10.9 Å². The van der Waals surface area contributed by atoms with Gasteiger partial charge in [-0.1, -0.05) is 22.0 Å². The Balaban J connectivity index is 1.42. The van der Waals surface area contributed by atoms with Gasteiger partial charge >= 0.3 is 0 Å². The van der Waals surface area contributed by atoms with E-state index in [2.05, 4.69) is 26.2 Å². The third-order valence-corrected chi connectivity index (χ3v) is 4.69. The summed E-state index contributed by atoms with van der Waals surface area (Å²) < 4.78 is 11.9. The van der Waals surface area contributed by atoms with Gasteiger partial charge in [-0.05, 0) is 25.0 Å². The molecule has 1 aromatic heterocycles. The Morgan fingerprint density at radius 2 is 2.39 bits per heavy atom. The Labute approximate surface area is 143 Å². The first kappa shape index (κ1) is 16.5. The summed E-state index contributed by atoms with van der Waals surface area (Å²) in [5, 5.41) is 3.87. The minimum absolute atomic E-state index is 0.0626. The van der Waals surface area contributed by atoms with E-state index in [0.717, 1.165) is 48.0 Å². The van der Waals surface area contributed by atoms with E-state index in [4.69, 9.17) is 9.47 Å². The predicted octanol–water partition coefficient (Wildman–Crippen LogP) is 3.10. The summed E-state index contributed by atoms with van der Waals surface area (Å²) in [5.74, 6) is 0.473. The smallest absolute Gasteiger partial charge is 0.253 e. The zero-order valence-electron chi connectivity index (χ0n) is 12.9. The van der Waals surface area contributed by atoms with Crippen molar-refractivity contribution in [1.82, 2.24) is 10.3 Å². The van der Waals surface area contributed by atoms with Gasteiger partial charge in [-0.3, -0.25) is 4.79 Å². The van der Waals surface area contributed by atoms with Gasteiger partial charge in [-0.25, -0.2) is 0 Å². The molecule has 1 saturated heterocycles. The van der Waals surface area contributed by atoms with Gasteiger partial charge in [0.05, 0.1) is 18.8 Å². The predicted molar refractivity (Wildman–Crippen MR) is 92.7 cm³/mol. The lowest BCUT2D eigenvalue weighted by atomic mass is 10.1. The monoisotopic (exact) mass is 380 g/mol. The number of ether oxygens (including phenoxy) is 2. The van der Waals surface area contributed by atoms with Crippen molar-refractivity contribution < 1.29 is 14.3 Å². The molecule has 3 rings (SSSR count). The van der Waals surface area contributed by atoms with Crippen LogP contribution in [-0.2, 0) is 9.47 Å². The van der Waals surface area contributed by atoms with Crippen LogP contribution in [0.4, 0.5) is 0 Å². The quantitative estimate of drug-likeness (QED) is 0.725. The Morgan fingerprint density at radius 1 is 1.48 bits per heavy atom. The van der Waals surface area contributed by atoms with Crippen molar-refractivity contribution in [3.05, 3.63) is 34.4 Å². The molecule has 0 radical (unpaired) electrons. The maximum absolute atomic E-state index is 12.3. The van der Waals surface area contributed by atoms with Crippen molar-refractivity contribution in [2.75, 3.05) is 33.0 Å². The first-order chi connectivity index (χ1) is 11.3. The number of aromatic amines is 1. The Bertz CT molecular complexity index is 665. The van der Waals surface area contributed by atoms with Crippen molar-refractivity contribution in [3.8, 4) is 0 Å². The maximum atomic E-state index is 12.3. The third-order valence-electron chi connectivity index (χ3n) is 4.03. The second-order valence-corrected chi connectivity index (χ2v) is 6.63. The van der Waals surface area contributed by atoms with Crippen LogP contribution in [0.15, 0.2) is 28.9 Å². The SMILES string of the molecule is O=C(NCCCOC[C@@H]1CCOC1)c1c[nH]c2cccc(Br)c12. The van der Waals surface area contributed by atoms with Crippen LogP contribution in [0.3, 0.4) is 0 Å². The first-order valence-electron chi connectivity index (χ1n) is 7.95. The molecule has 2 heterocycles. The van der Waals surface area contributed by atoms with E-state index in [0.29, 0.717) is 24.6 Å². The van der Waals surface area contributed by atoms with Crippen LogP contribution in [0, 0.1) is 5.92 Å². The van der Waals surface area contributed by atoms with Gasteiger partial charge in [-0.2, -0.15) is 0 Å². The van der Waals surface area contributed by atoms with Crippen LogP contribution in [0.2, 0.25) is 0 Å². The fourth-order valence-electron chi connectivity index (χ4n) is 2.76. The molecular formula is C17H21BrN2O3. The lowest BCUT2D eigenvalue weighted by Gasteiger charge is -2.09. The molecule has 5 nitrogen and oxygen atoms in total. The van der Waals surface area contributed by atoms with Crippen LogP contribution in [0.5, 0.6) is 0 Å². The number of nitrogens with one attached hydrogen (secondary N) is 2. The topological polar surface area (TPSA) is 63.4 Å². The summed E-state index contributed by atoms with van der Waals surface area (Å²) in [6.07, 6.45) is 3.65. The minimum atomic E-state index is -0.0626. The summed E-state index contributed by atoms with van der Waals surface area (Å²) >= 11 is 3.50. The van der Waals surface area contributed by atoms with E-state index in [9.17, 15) is 4.79 Å². The zero-order valence-corrected chi connectivity index (χ0v) is 14.5. The van der Waals surface area contributed by atoms with Crippen molar-refractivity contribution in [1.29, 1.82) is 0 Å². The van der Waals surface area contributed by atoms with E-state index in [-0.39, 0.29) is 5.91 Å². The molecule has 0 unspecified atom stereocenters. The largest absolute Gasteiger partial charge is 0.381 e. The van der Waals surface area contributed by atoms with Crippen molar-refractivity contribution >= 4 is 32.7 Å². The number of halogens is 1. The highest BCUT2D eigenvalue weighted by Crippen LogP contribution is 2.26.